The predicted octanol–water partition coefficient (Wildman–Crippen LogP) is 2.60. The van der Waals surface area contributed by atoms with Crippen LogP contribution < -0.4 is 0 Å². The molecule has 0 aliphatic carbocycles. The number of pyridine rings is 1. The molecule has 5 heteroatoms. The molecular formula is C11H15N3S2. The molecule has 0 aromatic carbocycles. The Bertz CT molecular complexity index is 247. The van der Waals surface area contributed by atoms with Crippen molar-refractivity contribution in [1.29, 1.82) is 0 Å². The van der Waals surface area contributed by atoms with E-state index in [2.05, 4.69) is 15.0 Å². The normalized spacial score (nSPS) is 16.0. The Balaban J connectivity index is 0.000000121. The highest BCUT2D eigenvalue weighted by Crippen LogP contribution is 2.00. The Hall–Kier alpha value is -0.810. The van der Waals surface area contributed by atoms with E-state index in [1.807, 2.05) is 29.3 Å². The highest BCUT2D eigenvalue weighted by atomic mass is 32.2. The average molecular weight is 253 g/mol. The van der Waals surface area contributed by atoms with Gasteiger partial charge in [-0.15, -0.1) is 23.5 Å². The molecule has 0 bridgehead atoms. The fourth-order valence-corrected chi connectivity index (χ4v) is 1.89. The minimum Gasteiger partial charge on any atom is -0.285 e. The Morgan fingerprint density at radius 1 is 0.750 bits per heavy atom. The molecule has 0 saturated carbocycles. The fraction of sp³-hybridized carbons (Fsp3) is 0.364. The van der Waals surface area contributed by atoms with E-state index in [1.165, 1.54) is 11.5 Å². The highest BCUT2D eigenvalue weighted by molar-refractivity contribution is 8.12. The summed E-state index contributed by atoms with van der Waals surface area (Å²) in [4.78, 5) is 11.6. The first-order valence-corrected chi connectivity index (χ1v) is 7.14. The first kappa shape index (κ1) is 13.3. The molecule has 3 heterocycles. The van der Waals surface area contributed by atoms with Gasteiger partial charge in [0.25, 0.3) is 0 Å². The first-order valence-electron chi connectivity index (χ1n) is 5.05. The van der Waals surface area contributed by atoms with Crippen LogP contribution in [0.25, 0.3) is 0 Å². The molecule has 0 unspecified atom stereocenters. The summed E-state index contributed by atoms with van der Waals surface area (Å²) in [6, 6.07) is 5.72. The SMILES string of the molecule is C1=NCCS1.C1=NCCS1.c1ccncc1. The van der Waals surface area contributed by atoms with Crippen LogP contribution in [-0.2, 0) is 0 Å². The third kappa shape index (κ3) is 8.49. The molecule has 0 fully saturated rings. The number of thioether (sulfide) groups is 2. The summed E-state index contributed by atoms with van der Waals surface area (Å²) in [6.45, 7) is 2.06. The van der Waals surface area contributed by atoms with Gasteiger partial charge in [-0.3, -0.25) is 15.0 Å². The van der Waals surface area contributed by atoms with Crippen LogP contribution in [0.3, 0.4) is 0 Å². The van der Waals surface area contributed by atoms with Gasteiger partial charge in [-0.05, 0) is 12.1 Å². The van der Waals surface area contributed by atoms with Gasteiger partial charge in [-0.1, -0.05) is 6.07 Å². The summed E-state index contributed by atoms with van der Waals surface area (Å²) in [5.74, 6) is 2.39. The van der Waals surface area contributed by atoms with E-state index in [4.69, 9.17) is 0 Å². The van der Waals surface area contributed by atoms with Crippen molar-refractivity contribution < 1.29 is 0 Å². The van der Waals surface area contributed by atoms with Gasteiger partial charge in [0.05, 0.1) is 11.1 Å². The summed E-state index contributed by atoms with van der Waals surface area (Å²) in [7, 11) is 0. The maximum atomic E-state index is 3.92. The number of nitrogens with zero attached hydrogens (tertiary/aromatic N) is 3. The molecule has 3 nitrogen and oxygen atoms in total. The van der Waals surface area contributed by atoms with Crippen molar-refractivity contribution in [3.8, 4) is 0 Å². The third-order valence-electron chi connectivity index (χ3n) is 1.54. The lowest BCUT2D eigenvalue weighted by Crippen LogP contribution is -1.69. The average Bonchev–Trinajstić information content (AvgIpc) is 3.10. The van der Waals surface area contributed by atoms with Crippen LogP contribution in [0.1, 0.15) is 0 Å². The number of hydrogen-bond donors (Lipinski definition) is 0. The molecule has 0 radical (unpaired) electrons. The maximum Gasteiger partial charge on any atom is 0.0542 e. The summed E-state index contributed by atoms with van der Waals surface area (Å²) in [5.41, 5.74) is 3.81. The number of rotatable bonds is 0. The van der Waals surface area contributed by atoms with E-state index in [0.29, 0.717) is 0 Å². The van der Waals surface area contributed by atoms with Gasteiger partial charge < -0.3 is 0 Å². The molecule has 0 saturated heterocycles. The van der Waals surface area contributed by atoms with Gasteiger partial charge in [-0.2, -0.15) is 0 Å². The minimum absolute atomic E-state index is 1.03. The van der Waals surface area contributed by atoms with Gasteiger partial charge in [-0.25, -0.2) is 0 Å². The lowest BCUT2D eigenvalue weighted by atomic mass is 10.5. The van der Waals surface area contributed by atoms with Crippen LogP contribution in [0.5, 0.6) is 0 Å². The van der Waals surface area contributed by atoms with Crippen molar-refractivity contribution in [2.75, 3.05) is 24.6 Å². The summed E-state index contributed by atoms with van der Waals surface area (Å²) in [6.07, 6.45) is 3.50. The number of hydrogen-bond acceptors (Lipinski definition) is 5. The van der Waals surface area contributed by atoms with Crippen molar-refractivity contribution >= 4 is 34.6 Å². The topological polar surface area (TPSA) is 37.6 Å². The second-order valence-corrected chi connectivity index (χ2v) is 4.69. The van der Waals surface area contributed by atoms with Crippen molar-refractivity contribution in [1.82, 2.24) is 4.98 Å². The zero-order valence-electron chi connectivity index (χ0n) is 9.03. The van der Waals surface area contributed by atoms with Crippen molar-refractivity contribution in [2.45, 2.75) is 0 Å². The van der Waals surface area contributed by atoms with E-state index in [9.17, 15) is 0 Å². The fourth-order valence-electron chi connectivity index (χ4n) is 0.840. The molecule has 0 N–H and O–H groups in total. The second kappa shape index (κ2) is 10.7. The Labute approximate surface area is 105 Å². The molecule has 16 heavy (non-hydrogen) atoms. The van der Waals surface area contributed by atoms with Crippen molar-refractivity contribution in [2.24, 2.45) is 9.98 Å². The van der Waals surface area contributed by atoms with E-state index in [1.54, 1.807) is 35.9 Å². The maximum absolute atomic E-state index is 3.92. The summed E-state index contributed by atoms with van der Waals surface area (Å²) in [5, 5.41) is 0. The molecule has 2 aliphatic heterocycles. The zero-order valence-corrected chi connectivity index (χ0v) is 10.7. The Kier molecular flexibility index (Phi) is 8.86. The van der Waals surface area contributed by atoms with Crippen LogP contribution >= 0.6 is 23.5 Å². The summed E-state index contributed by atoms with van der Waals surface area (Å²) >= 11 is 3.56. The third-order valence-corrected chi connectivity index (χ3v) is 2.97. The van der Waals surface area contributed by atoms with Gasteiger partial charge in [0.15, 0.2) is 0 Å². The zero-order chi connectivity index (χ0) is 11.3. The monoisotopic (exact) mass is 253 g/mol. The predicted molar refractivity (Wildman–Crippen MR) is 75.9 cm³/mol. The van der Waals surface area contributed by atoms with Crippen LogP contribution in [0, 0.1) is 0 Å². The molecule has 0 amide bonds. The smallest absolute Gasteiger partial charge is 0.0542 e. The van der Waals surface area contributed by atoms with Gasteiger partial charge in [0.1, 0.15) is 0 Å². The molecule has 2 aliphatic rings. The van der Waals surface area contributed by atoms with Crippen LogP contribution in [-0.4, -0.2) is 40.7 Å². The lowest BCUT2D eigenvalue weighted by molar-refractivity contribution is 1.18. The molecule has 0 atom stereocenters. The van der Waals surface area contributed by atoms with E-state index in [-0.39, 0.29) is 0 Å². The standard InChI is InChI=1S/C5H5N.2C3H5NS/c1-2-4-6-5-3-1;2*1-2-5-3-4-1/h1-5H;2*3H,1-2H2. The van der Waals surface area contributed by atoms with Crippen LogP contribution in [0.4, 0.5) is 0 Å². The number of aromatic nitrogens is 1. The van der Waals surface area contributed by atoms with E-state index in [0.717, 1.165) is 13.1 Å². The Morgan fingerprint density at radius 3 is 1.44 bits per heavy atom. The highest BCUT2D eigenvalue weighted by Gasteiger charge is 1.86. The summed E-state index contributed by atoms with van der Waals surface area (Å²) < 4.78 is 0. The largest absolute Gasteiger partial charge is 0.285 e. The van der Waals surface area contributed by atoms with Crippen molar-refractivity contribution in [3.05, 3.63) is 30.6 Å². The van der Waals surface area contributed by atoms with E-state index < -0.39 is 0 Å². The van der Waals surface area contributed by atoms with Crippen molar-refractivity contribution in [3.63, 3.8) is 0 Å². The molecule has 1 aromatic heterocycles. The van der Waals surface area contributed by atoms with Gasteiger partial charge in [0, 0.05) is 37.0 Å². The molecule has 0 spiro atoms. The second-order valence-electron chi connectivity index (χ2n) is 2.79. The molecule has 3 rings (SSSR count). The van der Waals surface area contributed by atoms with E-state index >= 15 is 0 Å². The van der Waals surface area contributed by atoms with Crippen LogP contribution in [0.15, 0.2) is 40.6 Å². The van der Waals surface area contributed by atoms with Gasteiger partial charge >= 0.3 is 0 Å². The van der Waals surface area contributed by atoms with Crippen LogP contribution in [0.2, 0.25) is 0 Å². The van der Waals surface area contributed by atoms with Gasteiger partial charge in [0.2, 0.25) is 0 Å². The minimum atomic E-state index is 1.03. The quantitative estimate of drug-likeness (QED) is 0.713. The lowest BCUT2D eigenvalue weighted by Gasteiger charge is -1.70. The number of aliphatic imine (C=N–C) groups is 2. The molecular weight excluding hydrogens is 238 g/mol. The molecule has 86 valence electrons. The first-order chi connectivity index (χ1) is 8.00. The molecule has 1 aromatic rings. The Morgan fingerprint density at radius 2 is 1.31 bits per heavy atom.